The van der Waals surface area contributed by atoms with E-state index in [1.54, 1.807) is 33.5 Å². The summed E-state index contributed by atoms with van der Waals surface area (Å²) in [6.45, 7) is 12.1. The Hall–Kier alpha value is -6.80. The lowest BCUT2D eigenvalue weighted by Gasteiger charge is -2.32. The molecule has 4 aliphatic rings. The van der Waals surface area contributed by atoms with Crippen LogP contribution in [0.1, 0.15) is 113 Å². The van der Waals surface area contributed by atoms with Crippen LogP contribution in [-0.2, 0) is 29.2 Å². The fourth-order valence-electron chi connectivity index (χ4n) is 10.7. The van der Waals surface area contributed by atoms with Gasteiger partial charge in [0.2, 0.25) is 18.0 Å². The highest BCUT2D eigenvalue weighted by Crippen LogP contribution is 2.49. The third kappa shape index (κ3) is 8.96. The molecule has 0 aliphatic carbocycles. The van der Waals surface area contributed by atoms with Gasteiger partial charge < -0.3 is 49.3 Å². The molecule has 72 heavy (non-hydrogen) atoms. The predicted octanol–water partition coefficient (Wildman–Crippen LogP) is 8.78. The van der Waals surface area contributed by atoms with E-state index in [1.807, 2.05) is 68.8 Å². The molecule has 4 aliphatic heterocycles. The van der Waals surface area contributed by atoms with Gasteiger partial charge >= 0.3 is 12.2 Å². The van der Waals surface area contributed by atoms with Gasteiger partial charge in [0.25, 0.3) is 0 Å². The van der Waals surface area contributed by atoms with Gasteiger partial charge in [0.1, 0.15) is 35.3 Å². The highest BCUT2D eigenvalue weighted by molar-refractivity contribution is 7.11. The van der Waals surface area contributed by atoms with E-state index in [-0.39, 0.29) is 41.1 Å². The quantitative estimate of drug-likeness (QED) is 0.0910. The number of amides is 4. The first-order valence-electron chi connectivity index (χ1n) is 24.8. The van der Waals surface area contributed by atoms with Gasteiger partial charge in [-0.15, -0.1) is 11.3 Å². The van der Waals surface area contributed by atoms with E-state index in [0.29, 0.717) is 79.1 Å². The highest BCUT2D eigenvalue weighted by atomic mass is 32.1. The van der Waals surface area contributed by atoms with Crippen LogP contribution >= 0.6 is 11.3 Å². The van der Waals surface area contributed by atoms with Crippen LogP contribution in [-0.4, -0.2) is 116 Å². The Morgan fingerprint density at radius 2 is 1.38 bits per heavy atom. The van der Waals surface area contributed by atoms with Crippen LogP contribution in [0.15, 0.2) is 55.0 Å². The zero-order valence-electron chi connectivity index (χ0n) is 41.5. The summed E-state index contributed by atoms with van der Waals surface area (Å²) >= 11 is 1.60. The number of imidazole rings is 2. The maximum Gasteiger partial charge on any atom is 0.407 e. The standard InChI is InChI=1S/C52H61FN10O8S/c1-27(2)42(59-50(66)68-6)46(64)61-16-8-10-36(61)44-54-24-33(57-44)29-12-13-35-31(20-29)22-38-41-32(53)21-30(23-39(41)71-48(63(35)38)40-26-56-49(72-40)52(5)14-18-70-19-15-52)34-25-55-45(58-34)37-11-9-17-62(37)47(65)43(28(3)4)60-51(67)69-7/h12-13,20-28,36-37,42-43,48H,8-11,14-19H2,1-7H3,(H,54,57)(H,55,58)(H,59,66)(H,60,67)/t36-,37-,42-,43-,48?/m0/s1. The third-order valence-electron chi connectivity index (χ3n) is 14.8. The SMILES string of the molecule is COC(=O)N[C@H](C(=O)N1CCC[C@H]1c1ncc(-c2cc(F)c3c(c2)OC(c2cnc(C4(C)CCOCC4)s2)n2c-3cc3cc(-c4cnc([C@@H]5CCCN5C(=O)[C@@H](NC(=O)OC)C(C)C)[nH]4)ccc32)[nH]1)C(C)C. The number of hydrogen-bond donors (Lipinski definition) is 4. The number of carbonyl (C=O) groups excluding carboxylic acids is 4. The normalized spacial score (nSPS) is 20.3. The van der Waals surface area contributed by atoms with Gasteiger partial charge in [-0.1, -0.05) is 40.7 Å². The second-order valence-electron chi connectivity index (χ2n) is 20.2. The minimum atomic E-state index is -0.781. The summed E-state index contributed by atoms with van der Waals surface area (Å²) in [5.74, 6) is 0.336. The molecule has 3 saturated heterocycles. The highest BCUT2D eigenvalue weighted by Gasteiger charge is 2.41. The van der Waals surface area contributed by atoms with Crippen molar-refractivity contribution in [1.82, 2.24) is 49.9 Å². The molecule has 20 heteroatoms. The summed E-state index contributed by atoms with van der Waals surface area (Å²) < 4.78 is 41.4. The third-order valence-corrected chi connectivity index (χ3v) is 16.1. The second-order valence-corrected chi connectivity index (χ2v) is 21.2. The molecule has 2 aromatic carbocycles. The number of likely N-dealkylation sites (tertiary alicyclic amines) is 2. The molecule has 0 saturated carbocycles. The number of halogens is 1. The van der Waals surface area contributed by atoms with Crippen molar-refractivity contribution in [1.29, 1.82) is 0 Å². The number of fused-ring (bicyclic) bond motifs is 5. The molecule has 18 nitrogen and oxygen atoms in total. The van der Waals surface area contributed by atoms with Gasteiger partial charge in [0.05, 0.1) is 76.7 Å². The van der Waals surface area contributed by atoms with Crippen LogP contribution in [0.3, 0.4) is 0 Å². The van der Waals surface area contributed by atoms with Gasteiger partial charge in [-0.2, -0.15) is 0 Å². The topological polar surface area (TPSA) is 211 Å². The van der Waals surface area contributed by atoms with E-state index in [0.717, 1.165) is 57.7 Å². The van der Waals surface area contributed by atoms with Gasteiger partial charge in [0, 0.05) is 54.4 Å². The van der Waals surface area contributed by atoms with Crippen molar-refractivity contribution in [3.63, 3.8) is 0 Å². The fraction of sp³-hybridized carbons (Fsp3) is 0.481. The monoisotopic (exact) mass is 1000 g/mol. The Balaban J connectivity index is 0.984. The maximum absolute atomic E-state index is 17.1. The number of hydrogen-bond acceptors (Lipinski definition) is 12. The molecule has 4 N–H and O–H groups in total. The number of carbonyl (C=O) groups is 4. The molecule has 3 fully saturated rings. The van der Waals surface area contributed by atoms with Gasteiger partial charge in [-0.05, 0) is 80.7 Å². The van der Waals surface area contributed by atoms with Crippen molar-refractivity contribution in [2.75, 3.05) is 40.5 Å². The lowest BCUT2D eigenvalue weighted by atomic mass is 9.83. The summed E-state index contributed by atoms with van der Waals surface area (Å²) in [4.78, 5) is 77.8. The molecule has 10 rings (SSSR count). The van der Waals surface area contributed by atoms with Crippen LogP contribution in [0.25, 0.3) is 44.7 Å². The summed E-state index contributed by atoms with van der Waals surface area (Å²) in [6, 6.07) is 9.16. The zero-order chi connectivity index (χ0) is 50.6. The van der Waals surface area contributed by atoms with Crippen LogP contribution in [0.2, 0.25) is 0 Å². The Kier molecular flexibility index (Phi) is 13.3. The molecule has 6 aromatic rings. The maximum atomic E-state index is 17.1. The zero-order valence-corrected chi connectivity index (χ0v) is 42.4. The van der Waals surface area contributed by atoms with Crippen molar-refractivity contribution in [2.24, 2.45) is 11.8 Å². The van der Waals surface area contributed by atoms with Crippen LogP contribution in [0, 0.1) is 17.7 Å². The Morgan fingerprint density at radius 1 is 0.792 bits per heavy atom. The number of rotatable bonds is 12. The number of H-pyrrole nitrogens is 2. The van der Waals surface area contributed by atoms with Gasteiger partial charge in [-0.3, -0.25) is 14.2 Å². The minimum absolute atomic E-state index is 0.156. The van der Waals surface area contributed by atoms with Gasteiger partial charge in [0.15, 0.2) is 0 Å². The average Bonchev–Trinajstić information content (AvgIpc) is 4.24. The summed E-state index contributed by atoms with van der Waals surface area (Å²) in [7, 11) is 2.54. The molecule has 4 aromatic heterocycles. The molecule has 5 atom stereocenters. The van der Waals surface area contributed by atoms with E-state index in [1.165, 1.54) is 20.3 Å². The summed E-state index contributed by atoms with van der Waals surface area (Å²) in [6.07, 6.45) is 7.90. The molecule has 8 heterocycles. The van der Waals surface area contributed by atoms with E-state index in [4.69, 9.17) is 33.9 Å². The second kappa shape index (κ2) is 19.7. The largest absolute Gasteiger partial charge is 0.464 e. The van der Waals surface area contributed by atoms with Crippen molar-refractivity contribution < 1.29 is 42.5 Å². The number of aromatic amines is 2. The number of alkyl carbamates (subject to hydrolysis) is 2. The molecule has 1 unspecified atom stereocenters. The number of ether oxygens (including phenoxy) is 4. The van der Waals surface area contributed by atoms with Gasteiger partial charge in [-0.25, -0.2) is 28.9 Å². The van der Waals surface area contributed by atoms with Crippen molar-refractivity contribution in [3.05, 3.63) is 82.3 Å². The molecule has 380 valence electrons. The first-order valence-corrected chi connectivity index (χ1v) is 25.6. The van der Waals surface area contributed by atoms with Crippen LogP contribution < -0.4 is 15.4 Å². The lowest BCUT2D eigenvalue weighted by Crippen LogP contribution is -2.51. The molecule has 0 radical (unpaired) electrons. The summed E-state index contributed by atoms with van der Waals surface area (Å²) in [5, 5.41) is 7.25. The first-order chi connectivity index (χ1) is 34.7. The van der Waals surface area contributed by atoms with Crippen LogP contribution in [0.5, 0.6) is 5.75 Å². The number of nitrogens with zero attached hydrogens (tertiary/aromatic N) is 6. The lowest BCUT2D eigenvalue weighted by molar-refractivity contribution is -0.136. The predicted molar refractivity (Wildman–Crippen MR) is 266 cm³/mol. The Morgan fingerprint density at radius 3 is 1.94 bits per heavy atom. The number of aromatic nitrogens is 6. The van der Waals surface area contributed by atoms with E-state index >= 15 is 4.39 Å². The number of nitrogens with one attached hydrogen (secondary N) is 4. The average molecular weight is 1010 g/mol. The van der Waals surface area contributed by atoms with Crippen molar-refractivity contribution >= 4 is 46.2 Å². The minimum Gasteiger partial charge on any atom is -0.464 e. The van der Waals surface area contributed by atoms with Crippen molar-refractivity contribution in [2.45, 2.75) is 109 Å². The van der Waals surface area contributed by atoms with Crippen LogP contribution in [0.4, 0.5) is 14.0 Å². The van der Waals surface area contributed by atoms with E-state index < -0.39 is 36.3 Å². The number of thiazole rings is 1. The fourth-order valence-corrected chi connectivity index (χ4v) is 11.8. The molecular formula is C52H61FN10O8S. The summed E-state index contributed by atoms with van der Waals surface area (Å²) in [5.41, 5.74) is 4.32. The smallest absolute Gasteiger partial charge is 0.407 e. The number of methoxy groups -OCH3 is 2. The Bertz CT molecular complexity index is 3030. The Labute approximate surface area is 420 Å². The molecule has 4 amide bonds. The van der Waals surface area contributed by atoms with E-state index in [9.17, 15) is 19.2 Å². The number of benzene rings is 2. The van der Waals surface area contributed by atoms with Crippen molar-refractivity contribution in [3.8, 4) is 39.5 Å². The van der Waals surface area contributed by atoms with E-state index in [2.05, 4.69) is 27.5 Å². The first kappa shape index (κ1) is 48.8. The molecule has 0 spiro atoms. The molecule has 0 bridgehead atoms. The molecular weight excluding hydrogens is 944 g/mol.